The van der Waals surface area contributed by atoms with Crippen LogP contribution in [-0.4, -0.2) is 52.9 Å². The van der Waals surface area contributed by atoms with Gasteiger partial charge in [-0.3, -0.25) is 9.69 Å². The van der Waals surface area contributed by atoms with Crippen molar-refractivity contribution in [1.82, 2.24) is 14.8 Å². The number of likely N-dealkylation sites (N-methyl/N-ethyl adjacent to an activating group) is 1. The van der Waals surface area contributed by atoms with Crippen molar-refractivity contribution in [2.24, 2.45) is 0 Å². The Balaban J connectivity index is 2.05. The number of amides is 1. The molecule has 2 N–H and O–H groups in total. The minimum atomic E-state index is 0.000237. The Labute approximate surface area is 114 Å². The molecule has 5 nitrogen and oxygen atoms in total. The van der Waals surface area contributed by atoms with Gasteiger partial charge in [-0.25, -0.2) is 4.98 Å². The number of anilines is 1. The molecule has 5 heteroatoms. The first kappa shape index (κ1) is 13.8. The van der Waals surface area contributed by atoms with Crippen molar-refractivity contribution < 1.29 is 4.79 Å². The van der Waals surface area contributed by atoms with Crippen LogP contribution in [0.25, 0.3) is 0 Å². The van der Waals surface area contributed by atoms with Crippen LogP contribution in [0.1, 0.15) is 30.6 Å². The number of pyridine rings is 1. The molecular weight excluding hydrogens is 240 g/mol. The van der Waals surface area contributed by atoms with E-state index in [9.17, 15) is 4.79 Å². The van der Waals surface area contributed by atoms with Crippen LogP contribution < -0.4 is 5.73 Å². The Morgan fingerprint density at radius 3 is 2.89 bits per heavy atom. The highest BCUT2D eigenvalue weighted by Gasteiger charge is 2.30. The van der Waals surface area contributed by atoms with Crippen molar-refractivity contribution in [2.75, 3.05) is 31.9 Å². The lowest BCUT2D eigenvalue weighted by Gasteiger charge is -2.26. The molecule has 1 aliphatic heterocycles. The molecule has 1 aliphatic rings. The van der Waals surface area contributed by atoms with Crippen LogP contribution in [0.2, 0.25) is 0 Å². The molecule has 1 fully saturated rings. The Hall–Kier alpha value is -1.62. The summed E-state index contributed by atoms with van der Waals surface area (Å²) in [4.78, 5) is 20.7. The van der Waals surface area contributed by atoms with Gasteiger partial charge in [-0.2, -0.15) is 0 Å². The van der Waals surface area contributed by atoms with Gasteiger partial charge in [0.15, 0.2) is 0 Å². The van der Waals surface area contributed by atoms with E-state index in [4.69, 9.17) is 5.73 Å². The number of nitrogen functional groups attached to an aromatic ring is 1. The van der Waals surface area contributed by atoms with Gasteiger partial charge in [0.25, 0.3) is 5.91 Å². The van der Waals surface area contributed by atoms with Gasteiger partial charge >= 0.3 is 0 Å². The van der Waals surface area contributed by atoms with Gasteiger partial charge < -0.3 is 10.6 Å². The number of nitrogens with two attached hydrogens (primary N) is 1. The third-order valence-corrected chi connectivity index (χ3v) is 3.85. The molecule has 1 amide bonds. The van der Waals surface area contributed by atoms with Crippen LogP contribution in [0.3, 0.4) is 0 Å². The van der Waals surface area contributed by atoms with Crippen molar-refractivity contribution in [3.05, 3.63) is 23.9 Å². The fraction of sp³-hybridized carbons (Fsp3) is 0.571. The number of carbonyl (C=O) groups excluding carboxylic acids is 1. The summed E-state index contributed by atoms with van der Waals surface area (Å²) < 4.78 is 0. The molecule has 0 aliphatic carbocycles. The monoisotopic (exact) mass is 262 g/mol. The molecule has 104 valence electrons. The van der Waals surface area contributed by atoms with E-state index in [1.54, 1.807) is 18.3 Å². The molecule has 0 radical (unpaired) electrons. The molecule has 0 bridgehead atoms. The predicted molar refractivity (Wildman–Crippen MR) is 75.9 cm³/mol. The van der Waals surface area contributed by atoms with Gasteiger partial charge in [0, 0.05) is 25.3 Å². The van der Waals surface area contributed by atoms with Crippen molar-refractivity contribution in [1.29, 1.82) is 0 Å². The molecule has 1 atom stereocenters. The van der Waals surface area contributed by atoms with E-state index in [1.165, 1.54) is 0 Å². The number of hydrogen-bond acceptors (Lipinski definition) is 4. The summed E-state index contributed by atoms with van der Waals surface area (Å²) in [5.41, 5.74) is 6.28. The summed E-state index contributed by atoms with van der Waals surface area (Å²) in [6.45, 7) is 7.96. The molecule has 0 aromatic carbocycles. The number of aromatic nitrogens is 1. The molecule has 2 rings (SSSR count). The van der Waals surface area contributed by atoms with Gasteiger partial charge in [-0.15, -0.1) is 0 Å². The zero-order chi connectivity index (χ0) is 13.8. The number of likely N-dealkylation sites (tertiary alicyclic amines) is 1. The van der Waals surface area contributed by atoms with Gasteiger partial charge in [0.1, 0.15) is 5.82 Å². The summed E-state index contributed by atoms with van der Waals surface area (Å²) in [6.07, 6.45) is 2.64. The maximum atomic E-state index is 12.4. The first-order valence-corrected chi connectivity index (χ1v) is 6.91. The van der Waals surface area contributed by atoms with Crippen LogP contribution in [0, 0.1) is 0 Å². The van der Waals surface area contributed by atoms with Crippen LogP contribution in [0.5, 0.6) is 0 Å². The first-order valence-electron chi connectivity index (χ1n) is 6.91. The highest BCUT2D eigenvalue weighted by atomic mass is 16.2. The quantitative estimate of drug-likeness (QED) is 0.886. The molecule has 1 aromatic heterocycles. The second-order valence-electron chi connectivity index (χ2n) is 4.85. The average Bonchev–Trinajstić information content (AvgIpc) is 2.90. The van der Waals surface area contributed by atoms with E-state index < -0.39 is 0 Å². The molecule has 2 heterocycles. The maximum Gasteiger partial charge on any atom is 0.257 e. The standard InChI is InChI=1S/C14H22N4O/c1-3-17(4-2)11-7-9-18(10-11)14(19)12-6-5-8-16-13(12)15/h5-6,8,11H,3-4,7,9-10H2,1-2H3,(H2,15,16). The zero-order valence-corrected chi connectivity index (χ0v) is 11.7. The van der Waals surface area contributed by atoms with E-state index in [0.717, 1.165) is 32.6 Å². The van der Waals surface area contributed by atoms with Gasteiger partial charge in [0.2, 0.25) is 0 Å². The van der Waals surface area contributed by atoms with Crippen molar-refractivity contribution in [3.63, 3.8) is 0 Å². The van der Waals surface area contributed by atoms with E-state index >= 15 is 0 Å². The van der Waals surface area contributed by atoms with Gasteiger partial charge in [-0.05, 0) is 31.6 Å². The van der Waals surface area contributed by atoms with E-state index in [-0.39, 0.29) is 5.91 Å². The van der Waals surface area contributed by atoms with Crippen LogP contribution in [0.4, 0.5) is 5.82 Å². The molecule has 1 unspecified atom stereocenters. The second kappa shape index (κ2) is 6.02. The topological polar surface area (TPSA) is 62.5 Å². The first-order chi connectivity index (χ1) is 9.17. The lowest BCUT2D eigenvalue weighted by atomic mass is 10.2. The number of rotatable bonds is 4. The highest BCUT2D eigenvalue weighted by Crippen LogP contribution is 2.19. The smallest absolute Gasteiger partial charge is 0.257 e. The third kappa shape index (κ3) is 2.87. The Morgan fingerprint density at radius 1 is 1.53 bits per heavy atom. The van der Waals surface area contributed by atoms with Crippen molar-refractivity contribution in [2.45, 2.75) is 26.3 Å². The third-order valence-electron chi connectivity index (χ3n) is 3.85. The summed E-state index contributed by atoms with van der Waals surface area (Å²) in [5.74, 6) is 0.319. The zero-order valence-electron chi connectivity index (χ0n) is 11.7. The summed E-state index contributed by atoms with van der Waals surface area (Å²) in [5, 5.41) is 0. The largest absolute Gasteiger partial charge is 0.383 e. The minimum absolute atomic E-state index is 0.000237. The lowest BCUT2D eigenvalue weighted by Crippen LogP contribution is -2.38. The highest BCUT2D eigenvalue weighted by molar-refractivity contribution is 5.98. The molecule has 19 heavy (non-hydrogen) atoms. The number of hydrogen-bond donors (Lipinski definition) is 1. The summed E-state index contributed by atoms with van der Waals surface area (Å²) in [6, 6.07) is 3.97. The van der Waals surface area contributed by atoms with Crippen LogP contribution in [0.15, 0.2) is 18.3 Å². The Morgan fingerprint density at radius 2 is 2.26 bits per heavy atom. The molecular formula is C14H22N4O. The van der Waals surface area contributed by atoms with E-state index in [2.05, 4.69) is 23.7 Å². The fourth-order valence-electron chi connectivity index (χ4n) is 2.73. The average molecular weight is 262 g/mol. The number of carbonyl (C=O) groups is 1. The molecule has 0 spiro atoms. The summed E-state index contributed by atoms with van der Waals surface area (Å²) in [7, 11) is 0. The predicted octanol–water partition coefficient (Wildman–Crippen LogP) is 1.22. The van der Waals surface area contributed by atoms with Crippen molar-refractivity contribution in [3.8, 4) is 0 Å². The lowest BCUT2D eigenvalue weighted by molar-refractivity contribution is 0.0778. The Kier molecular flexibility index (Phi) is 4.37. The molecule has 1 saturated heterocycles. The second-order valence-corrected chi connectivity index (χ2v) is 4.85. The summed E-state index contributed by atoms with van der Waals surface area (Å²) >= 11 is 0. The van der Waals surface area contributed by atoms with Crippen LogP contribution >= 0.6 is 0 Å². The Bertz CT molecular complexity index is 445. The SMILES string of the molecule is CCN(CC)C1CCN(C(=O)c2cccnc2N)C1. The minimum Gasteiger partial charge on any atom is -0.383 e. The van der Waals surface area contributed by atoms with Gasteiger partial charge in [-0.1, -0.05) is 13.8 Å². The maximum absolute atomic E-state index is 12.4. The van der Waals surface area contributed by atoms with E-state index in [0.29, 0.717) is 17.4 Å². The van der Waals surface area contributed by atoms with Crippen molar-refractivity contribution >= 4 is 11.7 Å². The molecule has 0 saturated carbocycles. The van der Waals surface area contributed by atoms with Crippen LogP contribution in [-0.2, 0) is 0 Å². The van der Waals surface area contributed by atoms with Gasteiger partial charge in [0.05, 0.1) is 5.56 Å². The fourth-order valence-corrected chi connectivity index (χ4v) is 2.73. The normalized spacial score (nSPS) is 19.1. The number of nitrogens with zero attached hydrogens (tertiary/aromatic N) is 3. The van der Waals surface area contributed by atoms with E-state index in [1.807, 2.05) is 4.90 Å². The molecule has 1 aromatic rings.